The molecule has 0 aliphatic rings. The Labute approximate surface area is 61.6 Å². The van der Waals surface area contributed by atoms with E-state index in [0.29, 0.717) is 0 Å². The number of nitriles is 2. The molecule has 0 N–H and O–H groups in total. The highest BCUT2D eigenvalue weighted by Crippen LogP contribution is 2.06. The molecule has 0 saturated heterocycles. The molecule has 0 aromatic carbocycles. The van der Waals surface area contributed by atoms with Gasteiger partial charge in [-0.05, 0) is 0 Å². The number of carbonyl (C=O) groups excluding carboxylic acids is 1. The van der Waals surface area contributed by atoms with Gasteiger partial charge in [0.15, 0.2) is 5.92 Å². The second-order valence-electron chi connectivity index (χ2n) is 1.39. The van der Waals surface area contributed by atoms with Crippen LogP contribution in [0.15, 0.2) is 0 Å². The first kappa shape index (κ1) is 8.87. The third kappa shape index (κ3) is 2.00. The Morgan fingerprint density at radius 3 is 2.00 bits per heavy atom. The van der Waals surface area contributed by atoms with Gasteiger partial charge >= 0.3 is 0 Å². The Kier molecular flexibility index (Phi) is 3.38. The SMILES string of the molecule is N#CC(C#N)C(=O)C(F)Cl. The van der Waals surface area contributed by atoms with Gasteiger partial charge in [-0.15, -0.1) is 0 Å². The van der Waals surface area contributed by atoms with Gasteiger partial charge in [-0.25, -0.2) is 4.39 Å². The van der Waals surface area contributed by atoms with Crippen molar-refractivity contribution in [1.29, 1.82) is 10.5 Å². The standard InChI is InChI=1S/C5H2ClFN2O/c6-5(7)4(10)3(1-8)2-9/h3,5H. The number of carbonyl (C=O) groups is 1. The van der Waals surface area contributed by atoms with Gasteiger partial charge in [0.2, 0.25) is 11.4 Å². The smallest absolute Gasteiger partial charge is 0.233 e. The molecule has 0 heterocycles. The molecule has 1 unspecified atom stereocenters. The second-order valence-corrected chi connectivity index (χ2v) is 1.78. The predicted molar refractivity (Wildman–Crippen MR) is 30.5 cm³/mol. The minimum atomic E-state index is -2.26. The van der Waals surface area contributed by atoms with Crippen LogP contribution in [0.3, 0.4) is 0 Å². The average Bonchev–Trinajstić information content (AvgIpc) is 1.90. The van der Waals surface area contributed by atoms with Crippen LogP contribution in [-0.4, -0.2) is 11.4 Å². The van der Waals surface area contributed by atoms with Crippen molar-refractivity contribution in [1.82, 2.24) is 0 Å². The number of hydrogen-bond donors (Lipinski definition) is 0. The summed E-state index contributed by atoms with van der Waals surface area (Å²) in [5.74, 6) is -2.79. The van der Waals surface area contributed by atoms with Crippen LogP contribution in [0.1, 0.15) is 0 Å². The quantitative estimate of drug-likeness (QED) is 0.560. The first-order valence-electron chi connectivity index (χ1n) is 2.24. The summed E-state index contributed by atoms with van der Waals surface area (Å²) in [4.78, 5) is 10.4. The first-order valence-corrected chi connectivity index (χ1v) is 2.68. The van der Waals surface area contributed by atoms with Crippen molar-refractivity contribution < 1.29 is 9.18 Å². The van der Waals surface area contributed by atoms with E-state index >= 15 is 0 Å². The molecule has 0 aliphatic carbocycles. The van der Waals surface area contributed by atoms with Crippen LogP contribution in [-0.2, 0) is 4.79 Å². The number of nitrogens with zero attached hydrogens (tertiary/aromatic N) is 2. The van der Waals surface area contributed by atoms with E-state index < -0.39 is 17.3 Å². The van der Waals surface area contributed by atoms with Crippen molar-refractivity contribution in [3.05, 3.63) is 0 Å². The van der Waals surface area contributed by atoms with Crippen molar-refractivity contribution in [2.24, 2.45) is 5.92 Å². The van der Waals surface area contributed by atoms with Gasteiger partial charge < -0.3 is 0 Å². The maximum Gasteiger partial charge on any atom is 0.233 e. The lowest BCUT2D eigenvalue weighted by atomic mass is 10.1. The number of Topliss-reactive ketones (excluding diaryl/α,β-unsaturated/α-hetero) is 1. The summed E-state index contributed by atoms with van der Waals surface area (Å²) in [6, 6.07) is 2.60. The molecular weight excluding hydrogens is 159 g/mol. The molecule has 10 heavy (non-hydrogen) atoms. The molecule has 0 bridgehead atoms. The van der Waals surface area contributed by atoms with Gasteiger partial charge in [0.1, 0.15) is 0 Å². The molecule has 1 atom stereocenters. The van der Waals surface area contributed by atoms with E-state index in [2.05, 4.69) is 11.6 Å². The zero-order valence-electron chi connectivity index (χ0n) is 4.71. The second kappa shape index (κ2) is 3.81. The minimum absolute atomic E-state index is 1.20. The molecule has 52 valence electrons. The molecular formula is C5H2ClFN2O. The van der Waals surface area contributed by atoms with E-state index in [1.807, 2.05) is 0 Å². The fraction of sp³-hybridized carbons (Fsp3) is 0.400. The Hall–Kier alpha value is -1.13. The highest BCUT2D eigenvalue weighted by molar-refractivity contribution is 6.30. The molecule has 5 heteroatoms. The van der Waals surface area contributed by atoms with Crippen molar-refractivity contribution in [3.63, 3.8) is 0 Å². The van der Waals surface area contributed by atoms with E-state index in [1.54, 1.807) is 0 Å². The third-order valence-corrected chi connectivity index (χ3v) is 0.973. The summed E-state index contributed by atoms with van der Waals surface area (Å²) >= 11 is 4.66. The summed E-state index contributed by atoms with van der Waals surface area (Å²) in [7, 11) is 0. The molecule has 0 aromatic rings. The van der Waals surface area contributed by atoms with Crippen molar-refractivity contribution in [2.75, 3.05) is 0 Å². The van der Waals surface area contributed by atoms with Crippen LogP contribution in [0, 0.1) is 28.6 Å². The van der Waals surface area contributed by atoms with Crippen LogP contribution in [0.5, 0.6) is 0 Å². The molecule has 0 radical (unpaired) electrons. The highest BCUT2D eigenvalue weighted by Gasteiger charge is 2.24. The molecule has 0 rings (SSSR count). The molecule has 3 nitrogen and oxygen atoms in total. The minimum Gasteiger partial charge on any atom is -0.292 e. The summed E-state index contributed by atoms with van der Waals surface area (Å²) < 4.78 is 11.8. The largest absolute Gasteiger partial charge is 0.292 e. The van der Waals surface area contributed by atoms with Gasteiger partial charge in [0.05, 0.1) is 12.1 Å². The maximum absolute atomic E-state index is 11.8. The fourth-order valence-electron chi connectivity index (χ4n) is 0.282. The zero-order chi connectivity index (χ0) is 8.15. The molecule has 0 amide bonds. The van der Waals surface area contributed by atoms with Crippen molar-refractivity contribution in [2.45, 2.75) is 5.63 Å². The number of rotatable bonds is 2. The summed E-state index contributed by atoms with van der Waals surface area (Å²) in [5.41, 5.74) is -2.26. The summed E-state index contributed by atoms with van der Waals surface area (Å²) in [6.45, 7) is 0. The topological polar surface area (TPSA) is 64.7 Å². The van der Waals surface area contributed by atoms with Gasteiger partial charge in [0, 0.05) is 0 Å². The van der Waals surface area contributed by atoms with Crippen LogP contribution in [0.2, 0.25) is 0 Å². The summed E-state index contributed by atoms with van der Waals surface area (Å²) in [5, 5.41) is 16.1. The van der Waals surface area contributed by atoms with E-state index in [9.17, 15) is 9.18 Å². The Morgan fingerprint density at radius 2 is 1.90 bits per heavy atom. The van der Waals surface area contributed by atoms with E-state index in [-0.39, 0.29) is 0 Å². The lowest BCUT2D eigenvalue weighted by molar-refractivity contribution is -0.122. The van der Waals surface area contributed by atoms with Crippen LogP contribution in [0.25, 0.3) is 0 Å². The molecule has 0 spiro atoms. The molecule has 0 aliphatic heterocycles. The Balaban J connectivity index is 4.24. The molecule has 0 fully saturated rings. The van der Waals surface area contributed by atoms with E-state index in [0.717, 1.165) is 0 Å². The predicted octanol–water partition coefficient (Wildman–Crippen LogP) is 0.753. The molecule has 0 saturated carbocycles. The Bertz CT molecular complexity index is 201. The van der Waals surface area contributed by atoms with Gasteiger partial charge in [-0.2, -0.15) is 10.5 Å². The Morgan fingerprint density at radius 1 is 1.50 bits per heavy atom. The monoisotopic (exact) mass is 160 g/mol. The number of halogens is 2. The van der Waals surface area contributed by atoms with Crippen molar-refractivity contribution in [3.8, 4) is 12.1 Å². The fourth-order valence-corrected chi connectivity index (χ4v) is 0.408. The van der Waals surface area contributed by atoms with Crippen LogP contribution < -0.4 is 0 Å². The molecule has 0 aromatic heterocycles. The third-order valence-electron chi connectivity index (χ3n) is 0.758. The normalized spacial score (nSPS) is 11.7. The van der Waals surface area contributed by atoms with E-state index in [1.165, 1.54) is 12.1 Å². The van der Waals surface area contributed by atoms with Gasteiger partial charge in [-0.1, -0.05) is 11.6 Å². The van der Waals surface area contributed by atoms with Crippen molar-refractivity contribution >= 4 is 17.4 Å². The first-order chi connectivity index (χ1) is 4.63. The van der Waals surface area contributed by atoms with Gasteiger partial charge in [0.25, 0.3) is 0 Å². The van der Waals surface area contributed by atoms with Crippen LogP contribution >= 0.6 is 11.6 Å². The van der Waals surface area contributed by atoms with E-state index in [4.69, 9.17) is 10.5 Å². The number of alkyl halides is 2. The van der Waals surface area contributed by atoms with Crippen LogP contribution in [0.4, 0.5) is 4.39 Å². The number of hydrogen-bond acceptors (Lipinski definition) is 3. The highest BCUT2D eigenvalue weighted by atomic mass is 35.5. The number of ketones is 1. The lowest BCUT2D eigenvalue weighted by Crippen LogP contribution is -2.17. The zero-order valence-corrected chi connectivity index (χ0v) is 5.47. The maximum atomic E-state index is 11.8. The van der Waals surface area contributed by atoms with Gasteiger partial charge in [-0.3, -0.25) is 4.79 Å². The average molecular weight is 161 g/mol. The summed E-state index contributed by atoms with van der Waals surface area (Å²) in [6.07, 6.45) is 0. The lowest BCUT2D eigenvalue weighted by Gasteiger charge is -1.95.